The summed E-state index contributed by atoms with van der Waals surface area (Å²) in [4.78, 5) is 17.9. The van der Waals surface area contributed by atoms with Gasteiger partial charge in [0.15, 0.2) is 5.96 Å². The zero-order chi connectivity index (χ0) is 19.6. The lowest BCUT2D eigenvalue weighted by atomic mass is 10.1. The average molecular weight is 441 g/mol. The van der Waals surface area contributed by atoms with Gasteiger partial charge in [0.05, 0.1) is 13.7 Å². The van der Waals surface area contributed by atoms with Gasteiger partial charge in [-0.05, 0) is 50.3 Å². The Bertz CT molecular complexity index is 646. The van der Waals surface area contributed by atoms with Gasteiger partial charge in [0.25, 0.3) is 0 Å². The molecule has 1 aromatic rings. The Morgan fingerprint density at radius 3 is 2.81 bits per heavy atom. The molecular weight excluding hydrogens is 412 g/mol. The molecule has 1 aliphatic rings. The lowest BCUT2D eigenvalue weighted by Crippen LogP contribution is -2.48. The largest absolute Gasteiger partial charge is 0.496 e. The Morgan fingerprint density at radius 1 is 1.41 bits per heavy atom. The number of carbonyl (C=O) groups is 1. The maximum absolute atomic E-state index is 11.7. The van der Waals surface area contributed by atoms with Gasteiger partial charge >= 0.3 is 6.09 Å². The molecule has 0 bridgehead atoms. The Balaban J connectivity index is 1.70. The predicted octanol–water partition coefficient (Wildman–Crippen LogP) is 2.92. The Morgan fingerprint density at radius 2 is 2.15 bits per heavy atom. The summed E-state index contributed by atoms with van der Waals surface area (Å²) in [6.07, 6.45) is 3.21. The molecule has 1 saturated heterocycles. The van der Waals surface area contributed by atoms with Crippen LogP contribution in [-0.4, -0.2) is 56.3 Å². The zero-order valence-corrected chi connectivity index (χ0v) is 17.6. The molecule has 1 fully saturated rings. The number of nitrogens with two attached hydrogens (primary N) is 1. The van der Waals surface area contributed by atoms with Crippen LogP contribution >= 0.6 is 15.9 Å². The van der Waals surface area contributed by atoms with Crippen molar-refractivity contribution in [3.8, 4) is 5.75 Å². The number of aryl methyl sites for hydroxylation is 1. The molecule has 0 aromatic heterocycles. The average Bonchev–Trinajstić information content (AvgIpc) is 2.66. The Labute approximate surface area is 169 Å². The summed E-state index contributed by atoms with van der Waals surface area (Å²) >= 11 is 3.45. The molecule has 0 unspecified atom stereocenters. The first-order valence-corrected chi connectivity index (χ1v) is 10.1. The number of rotatable bonds is 7. The SMILES string of the molecule is CCOC(=O)N1CCC(NC(N)=NCCCc2ccc(Br)cc2OC)CC1. The number of amides is 1. The Kier molecular flexibility index (Phi) is 8.71. The van der Waals surface area contributed by atoms with Crippen LogP contribution in [0.5, 0.6) is 5.75 Å². The molecule has 7 nitrogen and oxygen atoms in total. The summed E-state index contributed by atoms with van der Waals surface area (Å²) in [6.45, 7) is 4.22. The molecule has 0 radical (unpaired) electrons. The minimum atomic E-state index is -0.235. The number of carbonyl (C=O) groups excluding carboxylic acids is 1. The molecule has 0 atom stereocenters. The smallest absolute Gasteiger partial charge is 0.409 e. The zero-order valence-electron chi connectivity index (χ0n) is 16.0. The normalized spacial score (nSPS) is 15.5. The monoisotopic (exact) mass is 440 g/mol. The lowest BCUT2D eigenvalue weighted by molar-refractivity contribution is 0.0963. The van der Waals surface area contributed by atoms with Crippen molar-refractivity contribution in [2.45, 2.75) is 38.6 Å². The number of guanidine groups is 1. The van der Waals surface area contributed by atoms with E-state index in [0.717, 1.165) is 41.5 Å². The van der Waals surface area contributed by atoms with Crippen molar-refractivity contribution in [1.29, 1.82) is 0 Å². The van der Waals surface area contributed by atoms with Crippen molar-refractivity contribution < 1.29 is 14.3 Å². The fraction of sp³-hybridized carbons (Fsp3) is 0.579. The van der Waals surface area contributed by atoms with Crippen LogP contribution in [0.25, 0.3) is 0 Å². The highest BCUT2D eigenvalue weighted by atomic mass is 79.9. The van der Waals surface area contributed by atoms with Gasteiger partial charge in [-0.15, -0.1) is 0 Å². The molecule has 0 aliphatic carbocycles. The van der Waals surface area contributed by atoms with Crippen molar-refractivity contribution >= 4 is 28.0 Å². The first-order valence-electron chi connectivity index (χ1n) is 9.34. The summed E-state index contributed by atoms with van der Waals surface area (Å²) < 4.78 is 11.4. The van der Waals surface area contributed by atoms with Gasteiger partial charge in [-0.25, -0.2) is 4.79 Å². The number of methoxy groups -OCH3 is 1. The van der Waals surface area contributed by atoms with Crippen LogP contribution in [0.2, 0.25) is 0 Å². The molecule has 1 aromatic carbocycles. The third-order valence-electron chi connectivity index (χ3n) is 4.51. The van der Waals surface area contributed by atoms with Gasteiger partial charge < -0.3 is 25.4 Å². The molecule has 1 aliphatic heterocycles. The second-order valence-corrected chi connectivity index (χ2v) is 7.35. The van der Waals surface area contributed by atoms with Gasteiger partial charge in [-0.1, -0.05) is 22.0 Å². The van der Waals surface area contributed by atoms with Crippen LogP contribution in [0.4, 0.5) is 4.79 Å². The number of benzene rings is 1. The molecular formula is C19H29BrN4O3. The highest BCUT2D eigenvalue weighted by Gasteiger charge is 2.23. The molecule has 150 valence electrons. The van der Waals surface area contributed by atoms with Crippen LogP contribution in [-0.2, 0) is 11.2 Å². The molecule has 3 N–H and O–H groups in total. The standard InChI is InChI=1S/C19H29BrN4O3/c1-3-27-19(25)24-11-8-16(9-12-24)23-18(21)22-10-4-5-14-6-7-15(20)13-17(14)26-2/h6-7,13,16H,3-5,8-12H2,1-2H3,(H3,21,22,23). The number of nitrogens with zero attached hydrogens (tertiary/aromatic N) is 2. The van der Waals surface area contributed by atoms with Crippen LogP contribution in [0.3, 0.4) is 0 Å². The second kappa shape index (κ2) is 11.0. The number of likely N-dealkylation sites (tertiary alicyclic amines) is 1. The van der Waals surface area contributed by atoms with E-state index >= 15 is 0 Å². The first-order chi connectivity index (χ1) is 13.0. The number of ether oxygens (including phenoxy) is 2. The molecule has 0 spiro atoms. The van der Waals surface area contributed by atoms with Crippen molar-refractivity contribution in [3.63, 3.8) is 0 Å². The van der Waals surface area contributed by atoms with Gasteiger partial charge in [-0.2, -0.15) is 0 Å². The van der Waals surface area contributed by atoms with Gasteiger partial charge in [0, 0.05) is 30.1 Å². The van der Waals surface area contributed by atoms with Crippen molar-refractivity contribution in [2.24, 2.45) is 10.7 Å². The summed E-state index contributed by atoms with van der Waals surface area (Å²) in [5, 5.41) is 3.26. The van der Waals surface area contributed by atoms with E-state index in [4.69, 9.17) is 15.2 Å². The van der Waals surface area contributed by atoms with E-state index in [2.05, 4.69) is 32.3 Å². The quantitative estimate of drug-likeness (QED) is 0.386. The summed E-state index contributed by atoms with van der Waals surface area (Å²) in [5.41, 5.74) is 7.17. The maximum atomic E-state index is 11.7. The van der Waals surface area contributed by atoms with Crippen molar-refractivity contribution in [2.75, 3.05) is 33.4 Å². The van der Waals surface area contributed by atoms with Gasteiger partial charge in [0.2, 0.25) is 0 Å². The van der Waals surface area contributed by atoms with E-state index in [1.165, 1.54) is 0 Å². The fourth-order valence-electron chi connectivity index (χ4n) is 3.07. The molecule has 1 heterocycles. The molecule has 8 heteroatoms. The van der Waals surface area contributed by atoms with E-state index < -0.39 is 0 Å². The molecule has 2 rings (SSSR count). The minimum absolute atomic E-state index is 0.235. The molecule has 1 amide bonds. The molecule has 0 saturated carbocycles. The van der Waals surface area contributed by atoms with E-state index in [1.807, 2.05) is 19.1 Å². The van der Waals surface area contributed by atoms with Crippen molar-refractivity contribution in [1.82, 2.24) is 10.2 Å². The van der Waals surface area contributed by atoms with E-state index in [-0.39, 0.29) is 12.1 Å². The van der Waals surface area contributed by atoms with E-state index in [1.54, 1.807) is 12.0 Å². The maximum Gasteiger partial charge on any atom is 0.409 e. The van der Waals surface area contributed by atoms with Crippen LogP contribution in [0, 0.1) is 0 Å². The first kappa shape index (κ1) is 21.3. The molecule has 27 heavy (non-hydrogen) atoms. The van der Waals surface area contributed by atoms with E-state index in [0.29, 0.717) is 32.2 Å². The lowest BCUT2D eigenvalue weighted by Gasteiger charge is -2.31. The summed E-state index contributed by atoms with van der Waals surface area (Å²) in [5.74, 6) is 1.35. The van der Waals surface area contributed by atoms with Crippen LogP contribution in [0.1, 0.15) is 31.7 Å². The van der Waals surface area contributed by atoms with Crippen LogP contribution in [0.15, 0.2) is 27.7 Å². The number of nitrogens with one attached hydrogen (secondary N) is 1. The Hall–Kier alpha value is -1.96. The van der Waals surface area contributed by atoms with Gasteiger partial charge in [0.1, 0.15) is 5.75 Å². The van der Waals surface area contributed by atoms with Gasteiger partial charge in [-0.3, -0.25) is 4.99 Å². The highest BCUT2D eigenvalue weighted by molar-refractivity contribution is 9.10. The third-order valence-corrected chi connectivity index (χ3v) is 5.00. The topological polar surface area (TPSA) is 89.2 Å². The predicted molar refractivity (Wildman–Crippen MR) is 110 cm³/mol. The number of aliphatic imine (C=N–C) groups is 1. The summed E-state index contributed by atoms with van der Waals surface area (Å²) in [7, 11) is 1.68. The van der Waals surface area contributed by atoms with E-state index in [9.17, 15) is 4.79 Å². The number of hydrogen-bond donors (Lipinski definition) is 2. The minimum Gasteiger partial charge on any atom is -0.496 e. The summed E-state index contributed by atoms with van der Waals surface area (Å²) in [6, 6.07) is 6.29. The van der Waals surface area contributed by atoms with Crippen molar-refractivity contribution in [3.05, 3.63) is 28.2 Å². The highest BCUT2D eigenvalue weighted by Crippen LogP contribution is 2.24. The third kappa shape index (κ3) is 6.93. The number of halogens is 1. The number of piperidine rings is 1. The van der Waals surface area contributed by atoms with Crippen LogP contribution < -0.4 is 15.8 Å². The fourth-order valence-corrected chi connectivity index (χ4v) is 3.41. The number of hydrogen-bond acceptors (Lipinski definition) is 4. The second-order valence-electron chi connectivity index (χ2n) is 6.43.